The topological polar surface area (TPSA) is 60.7 Å². The molecule has 2 atom stereocenters. The maximum absolute atomic E-state index is 10.5. The predicted molar refractivity (Wildman–Crippen MR) is 112 cm³/mol. The van der Waals surface area contributed by atoms with Crippen molar-refractivity contribution in [3.63, 3.8) is 0 Å². The number of phenolic OH excluding ortho intramolecular Hbond substituents is 3. The van der Waals surface area contributed by atoms with Crippen LogP contribution in [-0.4, -0.2) is 15.3 Å². The lowest BCUT2D eigenvalue weighted by atomic mass is 9.92. The third-order valence-electron chi connectivity index (χ3n) is 5.93. The summed E-state index contributed by atoms with van der Waals surface area (Å²) in [7, 11) is 0. The molecule has 2 saturated carbocycles. The highest BCUT2D eigenvalue weighted by Gasteiger charge is 2.40. The summed E-state index contributed by atoms with van der Waals surface area (Å²) in [5.74, 6) is 3.03. The first-order valence-corrected chi connectivity index (χ1v) is 9.94. The van der Waals surface area contributed by atoms with Crippen LogP contribution in [0.2, 0.25) is 0 Å². The van der Waals surface area contributed by atoms with Crippen LogP contribution in [0.1, 0.15) is 31.2 Å². The van der Waals surface area contributed by atoms with E-state index < -0.39 is 0 Å². The van der Waals surface area contributed by atoms with Gasteiger partial charge < -0.3 is 15.3 Å². The number of fused-ring (bicyclic) bond motifs is 1. The first kappa shape index (κ1) is 18.4. The normalized spacial score (nSPS) is 19.5. The second-order valence-corrected chi connectivity index (χ2v) is 7.93. The third-order valence-corrected chi connectivity index (χ3v) is 5.93. The first-order chi connectivity index (χ1) is 13.5. The number of phenols is 3. The number of hydrogen-bond donors (Lipinski definition) is 3. The van der Waals surface area contributed by atoms with Crippen LogP contribution in [0, 0.1) is 18.8 Å². The summed E-state index contributed by atoms with van der Waals surface area (Å²) in [6.07, 6.45) is 6.24. The summed E-state index contributed by atoms with van der Waals surface area (Å²) in [5.41, 5.74) is 4.09. The van der Waals surface area contributed by atoms with E-state index in [9.17, 15) is 15.3 Å². The Balaban J connectivity index is 0.000000268. The van der Waals surface area contributed by atoms with Crippen LogP contribution >= 0.6 is 0 Å². The standard InChI is InChI=1S/C19H16O3.C6H10/c1-12-2-11-17(13-3-7-15(20)8-4-13)18(19(12)22)14-5-9-16(21)10-6-14;1-2-5-4-6(5)3-1/h2-11,20-22H,1H3;5-6H,1-4H2. The van der Waals surface area contributed by atoms with Crippen LogP contribution < -0.4 is 0 Å². The molecule has 144 valence electrons. The van der Waals surface area contributed by atoms with Crippen LogP contribution in [-0.2, 0) is 0 Å². The fourth-order valence-electron chi connectivity index (χ4n) is 4.16. The molecule has 0 heterocycles. The molecule has 3 heteroatoms. The average molecular weight is 374 g/mol. The fraction of sp³-hybridized carbons (Fsp3) is 0.280. The fourth-order valence-corrected chi connectivity index (χ4v) is 4.16. The van der Waals surface area contributed by atoms with E-state index in [0.717, 1.165) is 22.3 Å². The van der Waals surface area contributed by atoms with Gasteiger partial charge in [-0.15, -0.1) is 0 Å². The minimum atomic E-state index is 0.182. The van der Waals surface area contributed by atoms with Crippen LogP contribution in [0.3, 0.4) is 0 Å². The quantitative estimate of drug-likeness (QED) is 0.497. The Morgan fingerprint density at radius 3 is 1.68 bits per heavy atom. The molecule has 2 aliphatic rings. The Morgan fingerprint density at radius 2 is 1.21 bits per heavy atom. The molecule has 2 aliphatic carbocycles. The Kier molecular flexibility index (Phi) is 4.99. The number of aromatic hydroxyl groups is 3. The van der Waals surface area contributed by atoms with E-state index in [2.05, 4.69) is 0 Å². The van der Waals surface area contributed by atoms with Gasteiger partial charge in [0.2, 0.25) is 0 Å². The molecule has 0 bridgehead atoms. The molecule has 3 aromatic carbocycles. The lowest BCUT2D eigenvalue weighted by molar-refractivity contribution is 0.472. The van der Waals surface area contributed by atoms with Crippen LogP contribution in [0.15, 0.2) is 60.7 Å². The highest BCUT2D eigenvalue weighted by Crippen LogP contribution is 2.51. The zero-order valence-corrected chi connectivity index (χ0v) is 16.1. The molecule has 3 aromatic rings. The zero-order valence-electron chi connectivity index (χ0n) is 16.1. The van der Waals surface area contributed by atoms with Gasteiger partial charge in [0.05, 0.1) is 0 Å². The van der Waals surface area contributed by atoms with Gasteiger partial charge >= 0.3 is 0 Å². The lowest BCUT2D eigenvalue weighted by Gasteiger charge is -2.14. The molecular weight excluding hydrogens is 348 g/mol. The largest absolute Gasteiger partial charge is 0.508 e. The molecule has 0 spiro atoms. The van der Waals surface area contributed by atoms with Gasteiger partial charge in [-0.1, -0.05) is 55.7 Å². The van der Waals surface area contributed by atoms with Crippen molar-refractivity contribution >= 4 is 0 Å². The third kappa shape index (κ3) is 3.84. The SMILES string of the molecule is C1CC2CC2C1.Cc1ccc(-c2ccc(O)cc2)c(-c2ccc(O)cc2)c1O. The van der Waals surface area contributed by atoms with Crippen LogP contribution in [0.5, 0.6) is 17.2 Å². The van der Waals surface area contributed by atoms with Crippen molar-refractivity contribution in [2.45, 2.75) is 32.6 Å². The summed E-state index contributed by atoms with van der Waals surface area (Å²) in [6.45, 7) is 1.85. The molecule has 0 radical (unpaired) electrons. The number of benzene rings is 3. The van der Waals surface area contributed by atoms with Crippen molar-refractivity contribution in [2.75, 3.05) is 0 Å². The highest BCUT2D eigenvalue weighted by atomic mass is 16.3. The van der Waals surface area contributed by atoms with Gasteiger partial charge in [0.25, 0.3) is 0 Å². The van der Waals surface area contributed by atoms with E-state index in [-0.39, 0.29) is 17.2 Å². The number of rotatable bonds is 2. The van der Waals surface area contributed by atoms with Gasteiger partial charge in [0, 0.05) is 5.56 Å². The van der Waals surface area contributed by atoms with Crippen molar-refractivity contribution in [3.8, 4) is 39.5 Å². The van der Waals surface area contributed by atoms with Crippen molar-refractivity contribution in [3.05, 3.63) is 66.2 Å². The van der Waals surface area contributed by atoms with Crippen molar-refractivity contribution in [1.82, 2.24) is 0 Å². The average Bonchev–Trinajstić information content (AvgIpc) is 3.31. The molecule has 3 N–H and O–H groups in total. The summed E-state index contributed by atoms with van der Waals surface area (Å²) >= 11 is 0. The second kappa shape index (κ2) is 7.59. The maximum Gasteiger partial charge on any atom is 0.126 e. The van der Waals surface area contributed by atoms with Gasteiger partial charge in [0.15, 0.2) is 0 Å². The molecule has 2 fully saturated rings. The van der Waals surface area contributed by atoms with E-state index in [1.807, 2.05) is 31.2 Å². The zero-order chi connectivity index (χ0) is 19.7. The summed E-state index contributed by atoms with van der Waals surface area (Å²) in [6, 6.07) is 17.4. The summed E-state index contributed by atoms with van der Waals surface area (Å²) < 4.78 is 0. The van der Waals surface area contributed by atoms with E-state index in [1.54, 1.807) is 55.7 Å². The van der Waals surface area contributed by atoms with Crippen molar-refractivity contribution in [1.29, 1.82) is 0 Å². The van der Waals surface area contributed by atoms with Gasteiger partial charge in [-0.25, -0.2) is 0 Å². The molecule has 0 aromatic heterocycles. The van der Waals surface area contributed by atoms with Gasteiger partial charge in [-0.05, 0) is 71.7 Å². The van der Waals surface area contributed by atoms with Gasteiger partial charge in [0.1, 0.15) is 17.2 Å². The lowest BCUT2D eigenvalue weighted by Crippen LogP contribution is -1.88. The molecule has 0 amide bonds. The minimum absolute atomic E-state index is 0.182. The molecule has 0 aliphatic heterocycles. The van der Waals surface area contributed by atoms with Crippen LogP contribution in [0.25, 0.3) is 22.3 Å². The molecule has 2 unspecified atom stereocenters. The Hall–Kier alpha value is -2.94. The first-order valence-electron chi connectivity index (χ1n) is 9.94. The monoisotopic (exact) mass is 374 g/mol. The molecule has 3 nitrogen and oxygen atoms in total. The van der Waals surface area contributed by atoms with Crippen molar-refractivity contribution < 1.29 is 15.3 Å². The van der Waals surface area contributed by atoms with Crippen molar-refractivity contribution in [2.24, 2.45) is 11.8 Å². The van der Waals surface area contributed by atoms with E-state index in [0.29, 0.717) is 5.56 Å². The minimum Gasteiger partial charge on any atom is -0.508 e. The van der Waals surface area contributed by atoms with Gasteiger partial charge in [-0.3, -0.25) is 0 Å². The Labute approximate surface area is 165 Å². The van der Waals surface area contributed by atoms with E-state index in [1.165, 1.54) is 18.3 Å². The Morgan fingerprint density at radius 1 is 0.679 bits per heavy atom. The molecule has 28 heavy (non-hydrogen) atoms. The predicted octanol–water partition coefficient (Wildman–Crippen LogP) is 6.25. The smallest absolute Gasteiger partial charge is 0.126 e. The number of aryl methyl sites for hydroxylation is 1. The van der Waals surface area contributed by atoms with E-state index in [4.69, 9.17) is 0 Å². The maximum atomic E-state index is 10.5. The van der Waals surface area contributed by atoms with E-state index >= 15 is 0 Å². The Bertz CT molecular complexity index is 950. The summed E-state index contributed by atoms with van der Waals surface area (Å²) in [5, 5.41) is 29.4. The molecule has 0 saturated heterocycles. The molecular formula is C25H26O3. The second-order valence-electron chi connectivity index (χ2n) is 7.93. The van der Waals surface area contributed by atoms with Crippen LogP contribution in [0.4, 0.5) is 0 Å². The number of hydrogen-bond acceptors (Lipinski definition) is 3. The summed E-state index contributed by atoms with van der Waals surface area (Å²) in [4.78, 5) is 0. The molecule has 5 rings (SSSR count). The highest BCUT2D eigenvalue weighted by molar-refractivity contribution is 5.88. The van der Waals surface area contributed by atoms with Gasteiger partial charge in [-0.2, -0.15) is 0 Å².